The van der Waals surface area contributed by atoms with E-state index < -0.39 is 5.63 Å². The average molecular weight is 331 g/mol. The quantitative estimate of drug-likeness (QED) is 0.276. The molecule has 0 atom stereocenters. The van der Waals surface area contributed by atoms with Gasteiger partial charge >= 0.3 is 5.63 Å². The Morgan fingerprint density at radius 2 is 2.17 bits per heavy atom. The zero-order chi connectivity index (χ0) is 16.7. The van der Waals surface area contributed by atoms with Gasteiger partial charge < -0.3 is 14.4 Å². The monoisotopic (exact) mass is 331 g/mol. The highest BCUT2D eigenvalue weighted by Crippen LogP contribution is 2.24. The molecule has 0 saturated carbocycles. The molecule has 0 radical (unpaired) electrons. The third-order valence-corrected chi connectivity index (χ3v) is 3.90. The molecule has 0 aliphatic rings. The summed E-state index contributed by atoms with van der Waals surface area (Å²) in [7, 11) is 0. The maximum Gasteiger partial charge on any atom is 0.349 e. The summed E-state index contributed by atoms with van der Waals surface area (Å²) >= 11 is 1.51. The fourth-order valence-electron chi connectivity index (χ4n) is 1.84. The second-order valence-corrected chi connectivity index (χ2v) is 5.67. The van der Waals surface area contributed by atoms with Crippen LogP contribution < -0.4 is 5.63 Å². The van der Waals surface area contributed by atoms with Crippen LogP contribution in [0.2, 0.25) is 0 Å². The predicted octanol–water partition coefficient (Wildman–Crippen LogP) is 3.56. The van der Waals surface area contributed by atoms with Gasteiger partial charge in [0.2, 0.25) is 0 Å². The van der Waals surface area contributed by atoms with Crippen molar-refractivity contribution in [3.63, 3.8) is 0 Å². The second-order valence-electron chi connectivity index (χ2n) is 4.62. The molecule has 2 rings (SSSR count). The van der Waals surface area contributed by atoms with E-state index in [1.165, 1.54) is 23.9 Å². The molecule has 2 aromatic rings. The molecule has 1 N–H and O–H groups in total. The molecule has 0 aliphatic carbocycles. The van der Waals surface area contributed by atoms with Crippen molar-refractivity contribution in [2.45, 2.75) is 17.6 Å². The predicted molar refractivity (Wildman–Crippen MR) is 91.0 cm³/mol. The molecule has 0 aliphatic heterocycles. The Labute approximate surface area is 138 Å². The van der Waals surface area contributed by atoms with Crippen molar-refractivity contribution in [1.82, 2.24) is 0 Å². The minimum absolute atomic E-state index is 0.00234. The highest BCUT2D eigenvalue weighted by molar-refractivity contribution is 7.98. The van der Waals surface area contributed by atoms with E-state index in [1.807, 2.05) is 30.3 Å². The summed E-state index contributed by atoms with van der Waals surface area (Å²) in [6, 6.07) is 11.2. The number of hydrogen-bond acceptors (Lipinski definition) is 6. The Hall–Kier alpha value is -2.47. The fraction of sp³-hybridized carbons (Fsp3) is 0.176. The van der Waals surface area contributed by atoms with Gasteiger partial charge in [0.25, 0.3) is 0 Å². The molecule has 0 saturated heterocycles. The standard InChI is InChI=1S/C17H17NO4S/c1-3-9-21-18-12(2)16-15(19)10-13(22-17(16)20)11-23-14-7-5-4-6-8-14/h3-8,10,19H,1,9,11H2,2H3/b18-12+. The van der Waals surface area contributed by atoms with Crippen LogP contribution in [0, 0.1) is 0 Å². The van der Waals surface area contributed by atoms with Crippen molar-refractivity contribution in [3.8, 4) is 5.75 Å². The van der Waals surface area contributed by atoms with Gasteiger partial charge in [-0.1, -0.05) is 36.0 Å². The Balaban J connectivity index is 2.15. The Morgan fingerprint density at radius 1 is 1.43 bits per heavy atom. The largest absolute Gasteiger partial charge is 0.507 e. The van der Waals surface area contributed by atoms with E-state index in [4.69, 9.17) is 9.25 Å². The molecular weight excluding hydrogens is 314 g/mol. The molecule has 0 unspecified atom stereocenters. The number of benzene rings is 1. The van der Waals surface area contributed by atoms with E-state index in [2.05, 4.69) is 11.7 Å². The van der Waals surface area contributed by atoms with Gasteiger partial charge in [-0.25, -0.2) is 4.79 Å². The lowest BCUT2D eigenvalue weighted by Gasteiger charge is -2.05. The minimum Gasteiger partial charge on any atom is -0.507 e. The van der Waals surface area contributed by atoms with Gasteiger partial charge in [-0.15, -0.1) is 11.8 Å². The van der Waals surface area contributed by atoms with Gasteiger partial charge in [0.05, 0.1) is 11.5 Å². The summed E-state index contributed by atoms with van der Waals surface area (Å²) in [4.78, 5) is 18.0. The van der Waals surface area contributed by atoms with Gasteiger partial charge in [0, 0.05) is 11.0 Å². The van der Waals surface area contributed by atoms with E-state index >= 15 is 0 Å². The van der Waals surface area contributed by atoms with E-state index in [0.29, 0.717) is 11.5 Å². The van der Waals surface area contributed by atoms with E-state index in [1.54, 1.807) is 6.92 Å². The highest BCUT2D eigenvalue weighted by Gasteiger charge is 2.15. The SMILES string of the molecule is C=CCO/N=C(\C)c1c(O)cc(CSc2ccccc2)oc1=O. The first kappa shape index (κ1) is 16.9. The number of rotatable bonds is 7. The van der Waals surface area contributed by atoms with Crippen molar-refractivity contribution in [1.29, 1.82) is 0 Å². The van der Waals surface area contributed by atoms with Crippen molar-refractivity contribution in [2.24, 2.45) is 5.16 Å². The summed E-state index contributed by atoms with van der Waals surface area (Å²) < 4.78 is 5.25. The number of aromatic hydroxyl groups is 1. The maximum absolute atomic E-state index is 12.1. The summed E-state index contributed by atoms with van der Waals surface area (Å²) in [5, 5.41) is 13.8. The smallest absolute Gasteiger partial charge is 0.349 e. The summed E-state index contributed by atoms with van der Waals surface area (Å²) in [6.45, 7) is 5.28. The van der Waals surface area contributed by atoms with Crippen molar-refractivity contribution in [2.75, 3.05) is 6.61 Å². The molecule has 1 aromatic carbocycles. The summed E-state index contributed by atoms with van der Waals surface area (Å²) in [5.41, 5.74) is -0.389. The van der Waals surface area contributed by atoms with Crippen LogP contribution in [0.25, 0.3) is 0 Å². The van der Waals surface area contributed by atoms with Crippen LogP contribution in [0.1, 0.15) is 18.2 Å². The first-order chi connectivity index (χ1) is 11.1. The van der Waals surface area contributed by atoms with Crippen molar-refractivity contribution >= 4 is 17.5 Å². The van der Waals surface area contributed by atoms with Crippen LogP contribution in [0.15, 0.2) is 68.3 Å². The van der Waals surface area contributed by atoms with Crippen LogP contribution in [0.4, 0.5) is 0 Å². The third kappa shape index (κ3) is 4.75. The van der Waals surface area contributed by atoms with Gasteiger partial charge in [0.1, 0.15) is 23.7 Å². The Morgan fingerprint density at radius 3 is 2.83 bits per heavy atom. The van der Waals surface area contributed by atoms with Crippen molar-refractivity contribution < 1.29 is 14.4 Å². The molecule has 23 heavy (non-hydrogen) atoms. The lowest BCUT2D eigenvalue weighted by atomic mass is 10.2. The number of thioether (sulfide) groups is 1. The molecular formula is C17H17NO4S. The van der Waals surface area contributed by atoms with Crippen LogP contribution in [0.3, 0.4) is 0 Å². The Bertz CT molecular complexity index is 753. The zero-order valence-corrected chi connectivity index (χ0v) is 13.5. The molecule has 0 fully saturated rings. The maximum atomic E-state index is 12.1. The molecule has 120 valence electrons. The average Bonchev–Trinajstić information content (AvgIpc) is 2.53. The lowest BCUT2D eigenvalue weighted by Crippen LogP contribution is -2.14. The van der Waals surface area contributed by atoms with Crippen molar-refractivity contribution in [3.05, 3.63) is 70.8 Å². The number of hydrogen-bond donors (Lipinski definition) is 1. The molecule has 1 aromatic heterocycles. The zero-order valence-electron chi connectivity index (χ0n) is 12.7. The Kier molecular flexibility index (Phi) is 6.05. The van der Waals surface area contributed by atoms with Gasteiger partial charge in [-0.3, -0.25) is 0 Å². The molecule has 6 heteroatoms. The summed E-state index contributed by atoms with van der Waals surface area (Å²) in [5.74, 6) is 0.661. The highest BCUT2D eigenvalue weighted by atomic mass is 32.2. The van der Waals surface area contributed by atoms with Crippen LogP contribution in [0.5, 0.6) is 5.75 Å². The first-order valence-electron chi connectivity index (χ1n) is 6.93. The van der Waals surface area contributed by atoms with Crippen LogP contribution in [-0.2, 0) is 10.6 Å². The van der Waals surface area contributed by atoms with Gasteiger partial charge in [-0.2, -0.15) is 0 Å². The molecule has 0 bridgehead atoms. The van der Waals surface area contributed by atoms with E-state index in [9.17, 15) is 9.90 Å². The second kappa shape index (κ2) is 8.24. The molecule has 5 nitrogen and oxygen atoms in total. The lowest BCUT2D eigenvalue weighted by molar-refractivity contribution is 0.174. The van der Waals surface area contributed by atoms with Crippen LogP contribution in [-0.4, -0.2) is 17.4 Å². The minimum atomic E-state index is -0.642. The van der Waals surface area contributed by atoms with E-state index in [-0.39, 0.29) is 23.6 Å². The van der Waals surface area contributed by atoms with Gasteiger partial charge in [-0.05, 0) is 19.1 Å². The molecule has 0 spiro atoms. The third-order valence-electron chi connectivity index (χ3n) is 2.86. The fourth-order valence-corrected chi connectivity index (χ4v) is 2.64. The normalized spacial score (nSPS) is 11.3. The topological polar surface area (TPSA) is 72.0 Å². The summed E-state index contributed by atoms with van der Waals surface area (Å²) in [6.07, 6.45) is 1.53. The van der Waals surface area contributed by atoms with E-state index in [0.717, 1.165) is 4.90 Å². The van der Waals surface area contributed by atoms with Crippen LogP contribution >= 0.6 is 11.8 Å². The molecule has 0 amide bonds. The first-order valence-corrected chi connectivity index (χ1v) is 7.92. The van der Waals surface area contributed by atoms with Gasteiger partial charge in [0.15, 0.2) is 0 Å². The molecule has 1 heterocycles. The number of nitrogens with zero attached hydrogens (tertiary/aromatic N) is 1. The number of oxime groups is 1.